The van der Waals surface area contributed by atoms with Gasteiger partial charge in [0.05, 0.1) is 10.8 Å². The average Bonchev–Trinajstić information content (AvgIpc) is 3.84. The molecule has 329 valence electrons. The first kappa shape index (κ1) is 52.0. The van der Waals surface area contributed by atoms with Gasteiger partial charge in [0.2, 0.25) is 0 Å². The topological polar surface area (TPSA) is 125 Å². The quantitative estimate of drug-likeness (QED) is 0.135. The van der Waals surface area contributed by atoms with Crippen molar-refractivity contribution in [2.75, 3.05) is 6.61 Å². The molecule has 18 heteroatoms. The zero-order valence-corrected chi connectivity index (χ0v) is 42.5. The maximum Gasteiger partial charge on any atom is 1.00 e. The van der Waals surface area contributed by atoms with E-state index in [9.17, 15) is 29.1 Å². The Bertz CT molecular complexity index is 3240. The predicted molar refractivity (Wildman–Crippen MR) is 266 cm³/mol. The van der Waals surface area contributed by atoms with Crippen LogP contribution in [-0.2, 0) is 44.8 Å². The summed E-state index contributed by atoms with van der Waals surface area (Å²) in [7, 11) is 3.33. The molecule has 8 aromatic rings. The molecule has 0 unspecified atom stereocenters. The smallest absolute Gasteiger partial charge is 1.00 e. The molecular formula is C47H41BCl4N4NaO6S2. The van der Waals surface area contributed by atoms with E-state index in [1.807, 2.05) is 84.9 Å². The number of carbonyl (C=O) groups is 1. The van der Waals surface area contributed by atoms with Gasteiger partial charge in [0.15, 0.2) is 0 Å². The Hall–Kier alpha value is -3.99. The Morgan fingerprint density at radius 3 is 1.26 bits per heavy atom. The van der Waals surface area contributed by atoms with Crippen molar-refractivity contribution in [3.63, 3.8) is 0 Å². The number of thiophene rings is 2. The molecule has 0 atom stereocenters. The van der Waals surface area contributed by atoms with Crippen LogP contribution in [0.4, 0.5) is 0 Å². The van der Waals surface area contributed by atoms with Gasteiger partial charge in [0.1, 0.15) is 15.4 Å². The fraction of sp³-hybridized carbons (Fsp3) is 0.213. The number of ketones is 1. The molecule has 0 fully saturated rings. The van der Waals surface area contributed by atoms with E-state index < -0.39 is 5.69 Å². The summed E-state index contributed by atoms with van der Waals surface area (Å²) in [5.74, 6) is -0.0763. The summed E-state index contributed by atoms with van der Waals surface area (Å²) in [6, 6.07) is 29.9. The number of rotatable bonds is 12. The van der Waals surface area contributed by atoms with Crippen LogP contribution in [0.2, 0.25) is 20.1 Å². The van der Waals surface area contributed by atoms with Crippen LogP contribution < -0.4 is 52.1 Å². The van der Waals surface area contributed by atoms with E-state index in [2.05, 4.69) is 0 Å². The van der Waals surface area contributed by atoms with Gasteiger partial charge >= 0.3 is 40.9 Å². The second kappa shape index (κ2) is 22.7. The molecule has 4 aromatic heterocycles. The number of aliphatic hydroxyl groups is 1. The summed E-state index contributed by atoms with van der Waals surface area (Å²) in [4.78, 5) is 67.2. The van der Waals surface area contributed by atoms with Gasteiger partial charge in [-0.05, 0) is 108 Å². The molecule has 0 amide bonds. The molecular weight excluding hydrogens is 956 g/mol. The van der Waals surface area contributed by atoms with Gasteiger partial charge in [-0.3, -0.25) is 32.7 Å². The normalized spacial score (nSPS) is 11.0. The number of Topliss-reactive ketones (excluding diaryl/α,β-unsaturated/α-hetero) is 1. The summed E-state index contributed by atoms with van der Waals surface area (Å²) >= 11 is 27.1. The van der Waals surface area contributed by atoms with Crippen LogP contribution in [0.25, 0.3) is 41.3 Å². The largest absolute Gasteiger partial charge is 1.00 e. The monoisotopic (exact) mass is 995 g/mol. The van der Waals surface area contributed by atoms with E-state index in [0.29, 0.717) is 59.8 Å². The Morgan fingerprint density at radius 1 is 0.585 bits per heavy atom. The minimum atomic E-state index is -0.425. The molecule has 3 radical (unpaired) electrons. The van der Waals surface area contributed by atoms with Gasteiger partial charge in [-0.25, -0.2) is 9.59 Å². The van der Waals surface area contributed by atoms with Crippen molar-refractivity contribution < 1.29 is 40.9 Å². The van der Waals surface area contributed by atoms with E-state index in [1.165, 1.54) is 43.3 Å². The maximum atomic E-state index is 13.5. The Labute approximate surface area is 427 Å². The molecule has 0 spiro atoms. The maximum absolute atomic E-state index is 13.5. The fourth-order valence-corrected chi connectivity index (χ4v) is 10.4. The van der Waals surface area contributed by atoms with Crippen LogP contribution in [0.5, 0.6) is 0 Å². The number of aryl methyl sites for hydroxylation is 2. The van der Waals surface area contributed by atoms with Crippen LogP contribution >= 0.6 is 69.1 Å². The Kier molecular flexibility index (Phi) is 18.1. The minimum Gasteiger partial charge on any atom is -1.00 e. The molecule has 0 aliphatic rings. The molecule has 0 saturated carbocycles. The number of nitrogens with zero attached hydrogens (tertiary/aromatic N) is 4. The molecule has 0 aliphatic carbocycles. The summed E-state index contributed by atoms with van der Waals surface area (Å²) < 4.78 is 5.38. The SMILES string of the molecule is CC(=O)CCn1c(=O)c2c(Cc3ccc(Cl)cc3)c(-c3ccc(Cl)cc3)sc2n(C)c1=O.Cn1c(=O)n(CCCO)c(=O)c2c(Cc3ccc(Cl)cc3)c(-c3ccc(Cl)cc3)sc21.[B].[H-].[Na+]. The third kappa shape index (κ3) is 11.4. The molecule has 0 aliphatic heterocycles. The number of hydrogen-bond donors (Lipinski definition) is 1. The molecule has 0 bridgehead atoms. The van der Waals surface area contributed by atoms with Crippen molar-refractivity contribution in [3.05, 3.63) is 181 Å². The second-order valence-corrected chi connectivity index (χ2v) is 18.7. The second-order valence-electron chi connectivity index (χ2n) is 14.9. The number of benzene rings is 4. The van der Waals surface area contributed by atoms with Crippen molar-refractivity contribution >= 4 is 104 Å². The van der Waals surface area contributed by atoms with Crippen molar-refractivity contribution in [1.29, 1.82) is 0 Å². The number of fused-ring (bicyclic) bond motifs is 2. The molecule has 4 aromatic carbocycles. The number of halogens is 4. The molecule has 10 nitrogen and oxygen atoms in total. The van der Waals surface area contributed by atoms with Crippen molar-refractivity contribution in [3.8, 4) is 20.9 Å². The summed E-state index contributed by atoms with van der Waals surface area (Å²) in [5, 5.41) is 12.8. The van der Waals surface area contributed by atoms with Gasteiger partial charge < -0.3 is 6.53 Å². The van der Waals surface area contributed by atoms with Gasteiger partial charge in [0, 0.05) is 78.5 Å². The molecule has 4 heterocycles. The van der Waals surface area contributed by atoms with Gasteiger partial charge in [-0.15, -0.1) is 22.7 Å². The molecule has 65 heavy (non-hydrogen) atoms. The van der Waals surface area contributed by atoms with E-state index in [-0.39, 0.29) is 88.1 Å². The third-order valence-electron chi connectivity index (χ3n) is 10.6. The van der Waals surface area contributed by atoms with Crippen LogP contribution in [0.3, 0.4) is 0 Å². The first-order chi connectivity index (χ1) is 30.2. The Balaban J connectivity index is 0.000000276. The molecule has 1 N–H and O–H groups in total. The minimum absolute atomic E-state index is 0. The van der Waals surface area contributed by atoms with E-state index in [0.717, 1.165) is 47.7 Å². The van der Waals surface area contributed by atoms with Gasteiger partial charge in [0.25, 0.3) is 11.1 Å². The zero-order chi connectivity index (χ0) is 45.1. The summed E-state index contributed by atoms with van der Waals surface area (Å²) in [6.07, 6.45) is 1.47. The van der Waals surface area contributed by atoms with Crippen LogP contribution in [0.1, 0.15) is 43.4 Å². The van der Waals surface area contributed by atoms with Gasteiger partial charge in [-0.2, -0.15) is 0 Å². The van der Waals surface area contributed by atoms with Crippen molar-refractivity contribution in [2.45, 2.75) is 45.7 Å². The number of carbonyl (C=O) groups excluding carboxylic acids is 1. The first-order valence-electron chi connectivity index (χ1n) is 19.8. The van der Waals surface area contributed by atoms with Crippen LogP contribution in [0.15, 0.2) is 116 Å². The number of hydrogen-bond acceptors (Lipinski definition) is 8. The van der Waals surface area contributed by atoms with Crippen molar-refractivity contribution in [1.82, 2.24) is 18.3 Å². The van der Waals surface area contributed by atoms with Crippen LogP contribution in [-0.4, -0.2) is 44.2 Å². The van der Waals surface area contributed by atoms with Crippen molar-refractivity contribution in [2.24, 2.45) is 14.1 Å². The van der Waals surface area contributed by atoms with Crippen LogP contribution in [0, 0.1) is 0 Å². The molecule has 0 saturated heterocycles. The number of aliphatic hydroxyl groups excluding tert-OH is 1. The van der Waals surface area contributed by atoms with E-state index >= 15 is 0 Å². The zero-order valence-electron chi connectivity index (χ0n) is 36.9. The summed E-state index contributed by atoms with van der Waals surface area (Å²) in [5.41, 5.74) is 4.05. The first-order valence-corrected chi connectivity index (χ1v) is 22.9. The molecule has 8 rings (SSSR count). The standard InChI is InChI=1S/C24H20Cl2N2O3S.C23H20Cl2N2O3S.B.Na.H/c1-14(29)11-12-28-22(30)20-19(13-15-3-7-17(25)8-4-15)21(16-5-9-18(26)10-6-16)32-23(20)27(2)24(28)31;1-26-22-19(21(29)27(23(26)30)11-2-12-28)18(13-14-3-7-16(24)8-4-14)20(31-22)15-5-9-17(25)10-6-15;;;/h3-10H,11-13H2,1-2H3;3-10,28H,2,11-13H2,1H3;;;/q;;;+1;-1. The van der Waals surface area contributed by atoms with Gasteiger partial charge in [-0.1, -0.05) is 94.9 Å². The van der Waals surface area contributed by atoms with E-state index in [1.54, 1.807) is 26.2 Å². The third-order valence-corrected chi connectivity index (χ3v) is 14.3. The Morgan fingerprint density at radius 2 is 0.923 bits per heavy atom. The summed E-state index contributed by atoms with van der Waals surface area (Å²) in [6.45, 7) is 1.59. The fourth-order valence-electron chi connectivity index (χ4n) is 7.31. The number of aromatic nitrogens is 4. The predicted octanol–water partition coefficient (Wildman–Crippen LogP) is 6.75. The average molecular weight is 998 g/mol. The van der Waals surface area contributed by atoms with E-state index in [4.69, 9.17) is 46.4 Å².